The Morgan fingerprint density at radius 3 is 2.68 bits per heavy atom. The molecule has 7 heteroatoms. The van der Waals surface area contributed by atoms with Gasteiger partial charge < -0.3 is 14.5 Å². The fourth-order valence-electron chi connectivity index (χ4n) is 2.61. The molecule has 0 aliphatic carbocycles. The van der Waals surface area contributed by atoms with Gasteiger partial charge >= 0.3 is 5.97 Å². The number of nitrogens with zero attached hydrogens (tertiary/aromatic N) is 1. The van der Waals surface area contributed by atoms with Crippen LogP contribution in [0.3, 0.4) is 0 Å². The van der Waals surface area contributed by atoms with Gasteiger partial charge in [-0.2, -0.15) is 0 Å². The number of carbonyl (C=O) groups excluding carboxylic acids is 3. The minimum Gasteiger partial charge on any atom is -0.453 e. The van der Waals surface area contributed by atoms with Gasteiger partial charge in [0.1, 0.15) is 5.52 Å². The van der Waals surface area contributed by atoms with Gasteiger partial charge in [-0.1, -0.05) is 24.3 Å². The number of amides is 1. The maximum Gasteiger partial charge on any atom is 0.307 e. The molecule has 3 aromatic rings. The molecule has 0 bridgehead atoms. The normalized spacial score (nSPS) is 11.8. The van der Waals surface area contributed by atoms with Gasteiger partial charge in [0.25, 0.3) is 5.91 Å². The first-order valence-corrected chi connectivity index (χ1v) is 8.88. The molecule has 1 heterocycles. The highest BCUT2D eigenvalue weighted by molar-refractivity contribution is 5.98. The van der Waals surface area contributed by atoms with Crippen LogP contribution in [0.25, 0.3) is 11.1 Å². The Bertz CT molecular complexity index is 991. The zero-order chi connectivity index (χ0) is 20.1. The number of anilines is 1. The lowest BCUT2D eigenvalue weighted by Crippen LogP contribution is -2.30. The van der Waals surface area contributed by atoms with Gasteiger partial charge in [0.15, 0.2) is 23.4 Å². The van der Waals surface area contributed by atoms with Gasteiger partial charge in [0, 0.05) is 17.7 Å². The number of nitrogens with one attached hydrogen (secondary N) is 1. The molecular weight excluding hydrogens is 360 g/mol. The van der Waals surface area contributed by atoms with E-state index in [4.69, 9.17) is 9.15 Å². The summed E-state index contributed by atoms with van der Waals surface area (Å²) >= 11 is 0. The third-order valence-electron chi connectivity index (χ3n) is 4.10. The zero-order valence-electron chi connectivity index (χ0n) is 15.6. The Morgan fingerprint density at radius 2 is 1.93 bits per heavy atom. The summed E-state index contributed by atoms with van der Waals surface area (Å²) in [4.78, 5) is 40.0. The largest absolute Gasteiger partial charge is 0.453 e. The molecule has 0 saturated carbocycles. The van der Waals surface area contributed by atoms with Crippen LogP contribution in [0, 0.1) is 0 Å². The predicted octanol–water partition coefficient (Wildman–Crippen LogP) is 3.53. The van der Waals surface area contributed by atoms with Crippen molar-refractivity contribution in [1.29, 1.82) is 0 Å². The molecule has 0 radical (unpaired) electrons. The number of esters is 1. The second-order valence-electron chi connectivity index (χ2n) is 6.33. The molecule has 0 spiro atoms. The lowest BCUT2D eigenvalue weighted by Gasteiger charge is -2.13. The number of aryl methyl sites for hydroxylation is 1. The summed E-state index contributed by atoms with van der Waals surface area (Å²) in [6, 6.07) is 13.9. The molecule has 2 aromatic carbocycles. The first kappa shape index (κ1) is 19.3. The molecule has 1 N–H and O–H groups in total. The van der Waals surface area contributed by atoms with Crippen molar-refractivity contribution in [3.8, 4) is 0 Å². The number of fused-ring (bicyclic) bond motifs is 1. The average Bonchev–Trinajstić information content (AvgIpc) is 3.09. The minimum atomic E-state index is -0.975. The molecule has 28 heavy (non-hydrogen) atoms. The van der Waals surface area contributed by atoms with Gasteiger partial charge in [-0.25, -0.2) is 4.98 Å². The van der Waals surface area contributed by atoms with Gasteiger partial charge in [-0.15, -0.1) is 0 Å². The van der Waals surface area contributed by atoms with Gasteiger partial charge in [-0.05, 0) is 38.1 Å². The Hall–Kier alpha value is -3.48. The molecule has 0 saturated heterocycles. The van der Waals surface area contributed by atoms with Crippen molar-refractivity contribution < 1.29 is 23.5 Å². The summed E-state index contributed by atoms with van der Waals surface area (Å²) in [5, 5.41) is 2.63. The second-order valence-corrected chi connectivity index (χ2v) is 6.33. The maximum atomic E-state index is 12.2. The fraction of sp³-hybridized carbons (Fsp3) is 0.238. The molecular formula is C21H20N2O5. The highest BCUT2D eigenvalue weighted by Crippen LogP contribution is 2.16. The van der Waals surface area contributed by atoms with Crippen LogP contribution >= 0.6 is 0 Å². The number of Topliss-reactive ketones (excluding diaryl/α,β-unsaturated/α-hetero) is 1. The van der Waals surface area contributed by atoms with E-state index in [1.165, 1.54) is 13.8 Å². The molecule has 3 rings (SSSR count). The van der Waals surface area contributed by atoms with Crippen molar-refractivity contribution in [3.63, 3.8) is 0 Å². The van der Waals surface area contributed by atoms with E-state index in [1.807, 2.05) is 18.2 Å². The Labute approximate surface area is 161 Å². The van der Waals surface area contributed by atoms with E-state index >= 15 is 0 Å². The molecule has 1 atom stereocenters. The van der Waals surface area contributed by atoms with E-state index in [0.29, 0.717) is 22.7 Å². The van der Waals surface area contributed by atoms with Crippen LogP contribution in [0.1, 0.15) is 36.5 Å². The maximum absolute atomic E-state index is 12.2. The number of benzene rings is 2. The lowest BCUT2D eigenvalue weighted by molar-refractivity contribution is -0.153. The van der Waals surface area contributed by atoms with E-state index in [1.54, 1.807) is 30.3 Å². The number of hydrogen-bond acceptors (Lipinski definition) is 6. The summed E-state index contributed by atoms with van der Waals surface area (Å²) in [6.07, 6.45) is -0.649. The van der Waals surface area contributed by atoms with Crippen molar-refractivity contribution in [2.45, 2.75) is 32.8 Å². The van der Waals surface area contributed by atoms with Crippen molar-refractivity contribution in [2.24, 2.45) is 0 Å². The minimum absolute atomic E-state index is 0.0459. The summed E-state index contributed by atoms with van der Waals surface area (Å²) in [7, 11) is 0. The molecule has 0 aliphatic heterocycles. The van der Waals surface area contributed by atoms with Gasteiger partial charge in [-0.3, -0.25) is 14.4 Å². The van der Waals surface area contributed by atoms with Crippen LogP contribution in [0.5, 0.6) is 0 Å². The first-order chi connectivity index (χ1) is 13.4. The summed E-state index contributed by atoms with van der Waals surface area (Å²) < 4.78 is 10.7. The van der Waals surface area contributed by atoms with Crippen LogP contribution in [0.4, 0.5) is 5.69 Å². The van der Waals surface area contributed by atoms with Crippen molar-refractivity contribution in [2.75, 3.05) is 5.32 Å². The smallest absolute Gasteiger partial charge is 0.307 e. The van der Waals surface area contributed by atoms with Gasteiger partial charge in [0.2, 0.25) is 0 Å². The summed E-state index contributed by atoms with van der Waals surface area (Å²) in [5.74, 6) is -0.663. The van der Waals surface area contributed by atoms with Crippen LogP contribution in [-0.4, -0.2) is 28.7 Å². The number of rotatable bonds is 7. The SMILES string of the molecule is CC(=O)c1cccc(NC(=O)[C@H](C)OC(=O)CCc2nc3ccccc3o2)c1. The zero-order valence-corrected chi connectivity index (χ0v) is 15.6. The monoisotopic (exact) mass is 380 g/mol. The number of ketones is 1. The molecule has 1 amide bonds. The summed E-state index contributed by atoms with van der Waals surface area (Å²) in [5.41, 5.74) is 2.34. The van der Waals surface area contributed by atoms with Crippen molar-refractivity contribution in [3.05, 3.63) is 60.0 Å². The first-order valence-electron chi connectivity index (χ1n) is 8.88. The number of carbonyl (C=O) groups is 3. The lowest BCUT2D eigenvalue weighted by atomic mass is 10.1. The van der Waals surface area contributed by atoms with Crippen LogP contribution in [0.15, 0.2) is 52.9 Å². The van der Waals surface area contributed by atoms with E-state index in [9.17, 15) is 14.4 Å². The number of para-hydroxylation sites is 2. The highest BCUT2D eigenvalue weighted by atomic mass is 16.5. The molecule has 0 unspecified atom stereocenters. The predicted molar refractivity (Wildman–Crippen MR) is 103 cm³/mol. The molecule has 7 nitrogen and oxygen atoms in total. The third-order valence-corrected chi connectivity index (χ3v) is 4.10. The van der Waals surface area contributed by atoms with Crippen LogP contribution in [-0.2, 0) is 20.7 Å². The highest BCUT2D eigenvalue weighted by Gasteiger charge is 2.19. The number of oxazole rings is 1. The number of aromatic nitrogens is 1. The standard InChI is InChI=1S/C21H20N2O5/c1-13(24)15-6-5-7-16(12-15)22-21(26)14(2)27-20(25)11-10-19-23-17-8-3-4-9-18(17)28-19/h3-9,12,14H,10-11H2,1-2H3,(H,22,26)/t14-/m0/s1. The third kappa shape index (κ3) is 4.82. The summed E-state index contributed by atoms with van der Waals surface area (Å²) in [6.45, 7) is 2.93. The quantitative estimate of drug-likeness (QED) is 0.497. The average molecular weight is 380 g/mol. The molecule has 1 aromatic heterocycles. The molecule has 0 aliphatic rings. The second kappa shape index (κ2) is 8.47. The Balaban J connectivity index is 1.51. The van der Waals surface area contributed by atoms with E-state index < -0.39 is 18.0 Å². The fourth-order valence-corrected chi connectivity index (χ4v) is 2.61. The molecule has 144 valence electrons. The Morgan fingerprint density at radius 1 is 1.14 bits per heavy atom. The van der Waals surface area contributed by atoms with E-state index in [-0.39, 0.29) is 18.6 Å². The van der Waals surface area contributed by atoms with Gasteiger partial charge in [0.05, 0.1) is 6.42 Å². The van der Waals surface area contributed by atoms with E-state index in [0.717, 1.165) is 5.52 Å². The van der Waals surface area contributed by atoms with Crippen molar-refractivity contribution in [1.82, 2.24) is 4.98 Å². The van der Waals surface area contributed by atoms with E-state index in [2.05, 4.69) is 10.3 Å². The Kier molecular flexibility index (Phi) is 5.84. The number of ether oxygens (including phenoxy) is 1. The van der Waals surface area contributed by atoms with Crippen LogP contribution < -0.4 is 5.32 Å². The number of hydrogen-bond donors (Lipinski definition) is 1. The van der Waals surface area contributed by atoms with Crippen molar-refractivity contribution >= 4 is 34.4 Å². The van der Waals surface area contributed by atoms with Crippen LogP contribution in [0.2, 0.25) is 0 Å². The molecule has 0 fully saturated rings. The topological polar surface area (TPSA) is 98.5 Å².